The molecule has 1 aliphatic rings. The molecule has 1 heterocycles. The van der Waals surface area contributed by atoms with E-state index < -0.39 is 11.8 Å². The molecular weight excluding hydrogens is 172 g/mol. The Hall–Kier alpha value is -1.23. The Morgan fingerprint density at radius 1 is 1.73 bits per heavy atom. The SMILES string of the molecule is Cl.N=C(N)C1=C(O)COC1=O. The largest absolute Gasteiger partial charge is 0.508 e. The summed E-state index contributed by atoms with van der Waals surface area (Å²) in [7, 11) is 0. The highest BCUT2D eigenvalue weighted by atomic mass is 35.5. The normalized spacial score (nSPS) is 15.8. The summed E-state index contributed by atoms with van der Waals surface area (Å²) in [6.07, 6.45) is 0. The summed E-state index contributed by atoms with van der Waals surface area (Å²) in [5.41, 5.74) is 4.72. The quantitative estimate of drug-likeness (QED) is 0.292. The predicted octanol–water partition coefficient (Wildman–Crippen LogP) is -0.287. The molecular formula is C5H7ClN2O3. The molecule has 0 bridgehead atoms. The summed E-state index contributed by atoms with van der Waals surface area (Å²) in [5, 5.41) is 15.7. The van der Waals surface area contributed by atoms with Crippen LogP contribution in [0.25, 0.3) is 0 Å². The maximum atomic E-state index is 10.6. The van der Waals surface area contributed by atoms with Gasteiger partial charge in [0, 0.05) is 0 Å². The van der Waals surface area contributed by atoms with Gasteiger partial charge >= 0.3 is 5.97 Å². The molecule has 0 radical (unpaired) electrons. The standard InChI is InChI=1S/C5H6N2O3.ClH/c6-4(7)3-2(8)1-10-5(3)9;/h8H,1H2,(H3,6,7);1H. The number of cyclic esters (lactones) is 1. The topological polar surface area (TPSA) is 96.4 Å². The van der Waals surface area contributed by atoms with E-state index in [4.69, 9.17) is 16.2 Å². The maximum Gasteiger partial charge on any atom is 0.345 e. The molecule has 0 saturated heterocycles. The number of amidine groups is 1. The van der Waals surface area contributed by atoms with Crippen LogP contribution < -0.4 is 5.73 Å². The van der Waals surface area contributed by atoms with Gasteiger partial charge in [-0.15, -0.1) is 12.4 Å². The molecule has 0 aromatic rings. The fraction of sp³-hybridized carbons (Fsp3) is 0.200. The lowest BCUT2D eigenvalue weighted by atomic mass is 10.2. The number of aliphatic hydroxyl groups excluding tert-OH is 1. The van der Waals surface area contributed by atoms with Crippen molar-refractivity contribution in [2.45, 2.75) is 0 Å². The Balaban J connectivity index is 0.000001000. The van der Waals surface area contributed by atoms with E-state index in [-0.39, 0.29) is 30.3 Å². The van der Waals surface area contributed by atoms with Crippen molar-refractivity contribution >= 4 is 24.2 Å². The fourth-order valence-electron chi connectivity index (χ4n) is 0.661. The number of nitrogens with two attached hydrogens (primary N) is 1. The van der Waals surface area contributed by atoms with Gasteiger partial charge in [-0.25, -0.2) is 4.79 Å². The number of halogens is 1. The zero-order chi connectivity index (χ0) is 7.72. The molecule has 0 aliphatic carbocycles. The number of hydrogen-bond donors (Lipinski definition) is 3. The van der Waals surface area contributed by atoms with E-state index in [1.54, 1.807) is 0 Å². The molecule has 11 heavy (non-hydrogen) atoms. The van der Waals surface area contributed by atoms with Crippen LogP contribution in [0.3, 0.4) is 0 Å². The Bertz CT molecular complexity index is 236. The number of hydrogen-bond acceptors (Lipinski definition) is 4. The molecule has 0 amide bonds. The summed E-state index contributed by atoms with van der Waals surface area (Å²) in [5.74, 6) is -1.46. The van der Waals surface area contributed by atoms with Crippen molar-refractivity contribution in [1.29, 1.82) is 5.41 Å². The Kier molecular flexibility index (Phi) is 2.88. The number of esters is 1. The van der Waals surface area contributed by atoms with Gasteiger partial charge in [0.25, 0.3) is 0 Å². The molecule has 1 rings (SSSR count). The molecule has 0 unspecified atom stereocenters. The highest BCUT2D eigenvalue weighted by Gasteiger charge is 2.26. The van der Waals surface area contributed by atoms with Crippen molar-refractivity contribution in [2.24, 2.45) is 5.73 Å². The molecule has 5 nitrogen and oxygen atoms in total. The minimum atomic E-state index is -0.731. The van der Waals surface area contributed by atoms with Crippen molar-refractivity contribution in [3.05, 3.63) is 11.3 Å². The summed E-state index contributed by atoms with van der Waals surface area (Å²) in [6, 6.07) is 0. The lowest BCUT2D eigenvalue weighted by Gasteiger charge is -1.92. The molecule has 62 valence electrons. The third kappa shape index (κ3) is 1.62. The predicted molar refractivity (Wildman–Crippen MR) is 39.8 cm³/mol. The van der Waals surface area contributed by atoms with Crippen LogP contribution in [-0.2, 0) is 9.53 Å². The molecule has 0 aromatic carbocycles. The monoisotopic (exact) mass is 178 g/mol. The van der Waals surface area contributed by atoms with Crippen molar-refractivity contribution in [3.8, 4) is 0 Å². The minimum absolute atomic E-state index is 0. The van der Waals surface area contributed by atoms with Gasteiger partial charge in [0.05, 0.1) is 0 Å². The first-order valence-corrected chi connectivity index (χ1v) is 2.56. The lowest BCUT2D eigenvalue weighted by molar-refractivity contribution is -0.135. The summed E-state index contributed by atoms with van der Waals surface area (Å²) in [4.78, 5) is 10.6. The Morgan fingerprint density at radius 3 is 2.45 bits per heavy atom. The van der Waals surface area contributed by atoms with Gasteiger partial charge in [-0.05, 0) is 0 Å². The fourth-order valence-corrected chi connectivity index (χ4v) is 0.661. The van der Waals surface area contributed by atoms with Crippen LogP contribution in [0.2, 0.25) is 0 Å². The number of nitrogens with one attached hydrogen (secondary N) is 1. The van der Waals surface area contributed by atoms with E-state index in [2.05, 4.69) is 4.74 Å². The molecule has 0 atom stereocenters. The highest BCUT2D eigenvalue weighted by Crippen LogP contribution is 2.11. The van der Waals surface area contributed by atoms with E-state index in [1.165, 1.54) is 0 Å². The van der Waals surface area contributed by atoms with E-state index in [0.717, 1.165) is 0 Å². The van der Waals surface area contributed by atoms with E-state index in [1.807, 2.05) is 0 Å². The zero-order valence-corrected chi connectivity index (χ0v) is 6.27. The number of ether oxygens (including phenoxy) is 1. The van der Waals surface area contributed by atoms with Crippen molar-refractivity contribution in [3.63, 3.8) is 0 Å². The molecule has 0 fully saturated rings. The van der Waals surface area contributed by atoms with Gasteiger partial charge in [0.1, 0.15) is 23.8 Å². The summed E-state index contributed by atoms with van der Waals surface area (Å²) < 4.78 is 4.36. The van der Waals surface area contributed by atoms with Crippen molar-refractivity contribution < 1.29 is 14.6 Å². The van der Waals surface area contributed by atoms with Crippen molar-refractivity contribution in [1.82, 2.24) is 0 Å². The van der Waals surface area contributed by atoms with Gasteiger partial charge in [-0.1, -0.05) is 0 Å². The van der Waals surface area contributed by atoms with Crippen LogP contribution in [0.15, 0.2) is 11.3 Å². The number of carbonyl (C=O) groups excluding carboxylic acids is 1. The number of aliphatic hydroxyl groups is 1. The lowest BCUT2D eigenvalue weighted by Crippen LogP contribution is -2.18. The Morgan fingerprint density at radius 2 is 2.27 bits per heavy atom. The minimum Gasteiger partial charge on any atom is -0.508 e. The average molecular weight is 179 g/mol. The molecule has 0 spiro atoms. The van der Waals surface area contributed by atoms with E-state index >= 15 is 0 Å². The first kappa shape index (κ1) is 9.77. The van der Waals surface area contributed by atoms with Crippen LogP contribution in [0.1, 0.15) is 0 Å². The van der Waals surface area contributed by atoms with Crippen molar-refractivity contribution in [2.75, 3.05) is 6.61 Å². The van der Waals surface area contributed by atoms with Gasteiger partial charge < -0.3 is 15.6 Å². The smallest absolute Gasteiger partial charge is 0.345 e. The van der Waals surface area contributed by atoms with Crippen LogP contribution in [0.4, 0.5) is 0 Å². The molecule has 0 saturated carbocycles. The van der Waals surface area contributed by atoms with E-state index in [0.29, 0.717) is 0 Å². The summed E-state index contributed by atoms with van der Waals surface area (Å²) in [6.45, 7) is -0.173. The third-order valence-electron chi connectivity index (χ3n) is 1.10. The Labute approximate surface area is 68.8 Å². The van der Waals surface area contributed by atoms with Gasteiger partial charge in [0.2, 0.25) is 0 Å². The number of carbonyl (C=O) groups is 1. The second-order valence-corrected chi connectivity index (χ2v) is 1.81. The molecule has 4 N–H and O–H groups in total. The second kappa shape index (κ2) is 3.25. The third-order valence-corrected chi connectivity index (χ3v) is 1.10. The molecule has 6 heteroatoms. The summed E-state index contributed by atoms with van der Waals surface area (Å²) >= 11 is 0. The van der Waals surface area contributed by atoms with Gasteiger partial charge in [-0.3, -0.25) is 5.41 Å². The first-order valence-electron chi connectivity index (χ1n) is 2.56. The maximum absolute atomic E-state index is 10.6. The highest BCUT2D eigenvalue weighted by molar-refractivity contribution is 6.18. The van der Waals surface area contributed by atoms with Crippen LogP contribution >= 0.6 is 12.4 Å². The van der Waals surface area contributed by atoms with Gasteiger partial charge in [-0.2, -0.15) is 0 Å². The molecule has 1 aliphatic heterocycles. The van der Waals surface area contributed by atoms with Crippen LogP contribution in [-0.4, -0.2) is 23.5 Å². The van der Waals surface area contributed by atoms with Gasteiger partial charge in [0.15, 0.2) is 0 Å². The first-order chi connectivity index (χ1) is 4.63. The molecule has 0 aromatic heterocycles. The number of rotatable bonds is 1. The second-order valence-electron chi connectivity index (χ2n) is 1.81. The average Bonchev–Trinajstić information content (AvgIpc) is 2.11. The van der Waals surface area contributed by atoms with Crippen LogP contribution in [0.5, 0.6) is 0 Å². The zero-order valence-electron chi connectivity index (χ0n) is 5.46. The van der Waals surface area contributed by atoms with Crippen LogP contribution in [0, 0.1) is 5.41 Å². The van der Waals surface area contributed by atoms with E-state index in [9.17, 15) is 4.79 Å².